The van der Waals surface area contributed by atoms with E-state index in [0.29, 0.717) is 16.7 Å². The predicted octanol–water partition coefficient (Wildman–Crippen LogP) is 0.770. The Labute approximate surface area is 98.6 Å². The van der Waals surface area contributed by atoms with Crippen LogP contribution in [0.1, 0.15) is 21.5 Å². The maximum Gasteiger partial charge on any atom is 0.338 e. The third kappa shape index (κ3) is 3.29. The molecule has 0 aliphatic heterocycles. The molecule has 0 bridgehead atoms. The molecule has 5 heteroatoms. The van der Waals surface area contributed by atoms with Crippen molar-refractivity contribution in [3.8, 4) is 0 Å². The second-order valence-electron chi connectivity index (χ2n) is 3.70. The van der Waals surface area contributed by atoms with Gasteiger partial charge in [-0.05, 0) is 24.1 Å². The molecule has 0 saturated carbocycles. The maximum atomic E-state index is 11.3. The summed E-state index contributed by atoms with van der Waals surface area (Å²) in [5.74, 6) is -1.70. The van der Waals surface area contributed by atoms with Crippen LogP contribution in [0.4, 0.5) is 0 Å². The highest BCUT2D eigenvalue weighted by atomic mass is 16.5. The van der Waals surface area contributed by atoms with Crippen LogP contribution in [0.2, 0.25) is 0 Å². The summed E-state index contributed by atoms with van der Waals surface area (Å²) in [6.45, 7) is 1.73. The highest BCUT2D eigenvalue weighted by molar-refractivity contribution is 5.91. The molecule has 0 saturated heterocycles. The number of aryl methyl sites for hydroxylation is 1. The summed E-state index contributed by atoms with van der Waals surface area (Å²) in [7, 11) is 1.30. The van der Waals surface area contributed by atoms with E-state index < -0.39 is 18.0 Å². The summed E-state index contributed by atoms with van der Waals surface area (Å²) in [4.78, 5) is 21.8. The van der Waals surface area contributed by atoms with Gasteiger partial charge in [-0.1, -0.05) is 12.1 Å². The second kappa shape index (κ2) is 5.45. The highest BCUT2D eigenvalue weighted by Gasteiger charge is 2.15. The first kappa shape index (κ1) is 13.2. The fourth-order valence-electron chi connectivity index (χ4n) is 1.50. The molecular formula is C12H14O5. The normalized spacial score (nSPS) is 11.9. The number of carbonyl (C=O) groups excluding carboxylic acids is 1. The molecule has 92 valence electrons. The molecule has 1 atom stereocenters. The Bertz CT molecular complexity index is 439. The summed E-state index contributed by atoms with van der Waals surface area (Å²) >= 11 is 0. The zero-order valence-corrected chi connectivity index (χ0v) is 9.64. The van der Waals surface area contributed by atoms with Crippen LogP contribution in [0.25, 0.3) is 0 Å². The molecule has 1 aromatic carbocycles. The number of benzene rings is 1. The van der Waals surface area contributed by atoms with Gasteiger partial charge in [0, 0.05) is 6.42 Å². The lowest BCUT2D eigenvalue weighted by Gasteiger charge is -2.08. The maximum absolute atomic E-state index is 11.3. The van der Waals surface area contributed by atoms with Crippen LogP contribution >= 0.6 is 0 Å². The largest absolute Gasteiger partial charge is 0.479 e. The second-order valence-corrected chi connectivity index (χ2v) is 3.70. The van der Waals surface area contributed by atoms with E-state index >= 15 is 0 Å². The van der Waals surface area contributed by atoms with E-state index in [1.165, 1.54) is 7.11 Å². The first-order valence-corrected chi connectivity index (χ1v) is 5.04. The number of rotatable bonds is 4. The van der Waals surface area contributed by atoms with Gasteiger partial charge in [-0.2, -0.15) is 0 Å². The quantitative estimate of drug-likeness (QED) is 0.757. The number of hydrogen-bond acceptors (Lipinski definition) is 4. The van der Waals surface area contributed by atoms with Crippen LogP contribution in [0.3, 0.4) is 0 Å². The van der Waals surface area contributed by atoms with E-state index in [-0.39, 0.29) is 6.42 Å². The number of aliphatic hydroxyl groups excluding tert-OH is 1. The van der Waals surface area contributed by atoms with Crippen LogP contribution < -0.4 is 0 Å². The number of aliphatic carboxylic acids is 1. The van der Waals surface area contributed by atoms with Crippen molar-refractivity contribution in [2.75, 3.05) is 7.11 Å². The van der Waals surface area contributed by atoms with Crippen LogP contribution in [0, 0.1) is 6.92 Å². The smallest absolute Gasteiger partial charge is 0.338 e. The Kier molecular flexibility index (Phi) is 4.23. The Morgan fingerprint density at radius 1 is 1.41 bits per heavy atom. The zero-order valence-electron chi connectivity index (χ0n) is 9.64. The molecule has 17 heavy (non-hydrogen) atoms. The molecule has 1 unspecified atom stereocenters. The minimum atomic E-state index is -1.43. The van der Waals surface area contributed by atoms with E-state index in [0.717, 1.165) is 0 Å². The molecule has 2 N–H and O–H groups in total. The van der Waals surface area contributed by atoms with E-state index in [1.807, 2.05) is 0 Å². The number of ether oxygens (including phenoxy) is 1. The topological polar surface area (TPSA) is 83.8 Å². The molecule has 5 nitrogen and oxygen atoms in total. The molecule has 1 aromatic rings. The summed E-state index contributed by atoms with van der Waals surface area (Å²) in [5.41, 5.74) is 1.78. The van der Waals surface area contributed by atoms with Crippen LogP contribution in [-0.2, 0) is 16.0 Å². The lowest BCUT2D eigenvalue weighted by molar-refractivity contribution is -0.146. The molecule has 0 heterocycles. The van der Waals surface area contributed by atoms with E-state index in [9.17, 15) is 14.7 Å². The van der Waals surface area contributed by atoms with E-state index in [2.05, 4.69) is 4.74 Å². The van der Waals surface area contributed by atoms with E-state index in [1.54, 1.807) is 25.1 Å². The molecule has 0 amide bonds. The van der Waals surface area contributed by atoms with Gasteiger partial charge in [0.2, 0.25) is 0 Å². The molecule has 0 aliphatic carbocycles. The summed E-state index contributed by atoms with van der Waals surface area (Å²) in [6, 6.07) is 4.83. The Morgan fingerprint density at radius 2 is 2.06 bits per heavy atom. The molecule has 0 aliphatic rings. The van der Waals surface area contributed by atoms with Crippen molar-refractivity contribution in [1.82, 2.24) is 0 Å². The number of hydrogen-bond donors (Lipinski definition) is 2. The fraction of sp³-hybridized carbons (Fsp3) is 0.333. The first-order chi connectivity index (χ1) is 7.95. The van der Waals surface area contributed by atoms with Crippen LogP contribution in [-0.4, -0.2) is 35.4 Å². The fourth-order valence-corrected chi connectivity index (χ4v) is 1.50. The Morgan fingerprint density at radius 3 is 2.53 bits per heavy atom. The average molecular weight is 238 g/mol. The molecular weight excluding hydrogens is 224 g/mol. The van der Waals surface area contributed by atoms with Gasteiger partial charge in [0.25, 0.3) is 0 Å². The van der Waals surface area contributed by atoms with Gasteiger partial charge in [-0.3, -0.25) is 0 Å². The average Bonchev–Trinajstić information content (AvgIpc) is 2.28. The van der Waals surface area contributed by atoms with Gasteiger partial charge in [0.15, 0.2) is 6.10 Å². The van der Waals surface area contributed by atoms with Crippen LogP contribution in [0.15, 0.2) is 18.2 Å². The van der Waals surface area contributed by atoms with E-state index in [4.69, 9.17) is 5.11 Å². The van der Waals surface area contributed by atoms with Gasteiger partial charge in [-0.25, -0.2) is 9.59 Å². The van der Waals surface area contributed by atoms with Crippen molar-refractivity contribution >= 4 is 11.9 Å². The van der Waals surface area contributed by atoms with Gasteiger partial charge < -0.3 is 14.9 Å². The predicted molar refractivity (Wildman–Crippen MR) is 59.9 cm³/mol. The van der Waals surface area contributed by atoms with Crippen molar-refractivity contribution in [3.05, 3.63) is 34.9 Å². The number of methoxy groups -OCH3 is 1. The summed E-state index contributed by atoms with van der Waals surface area (Å²) < 4.78 is 4.59. The van der Waals surface area contributed by atoms with Gasteiger partial charge >= 0.3 is 11.9 Å². The Balaban J connectivity index is 2.89. The summed E-state index contributed by atoms with van der Waals surface area (Å²) in [5, 5.41) is 17.8. The standard InChI is InChI=1S/C12H14O5/c1-7-5-8(6-10(13)11(14)15)3-4-9(7)12(16)17-2/h3-5,10,13H,6H2,1-2H3,(H,14,15). The number of carbonyl (C=O) groups is 2. The third-order valence-electron chi connectivity index (χ3n) is 2.41. The molecule has 0 fully saturated rings. The number of aliphatic hydroxyl groups is 1. The van der Waals surface area contributed by atoms with Crippen LogP contribution in [0.5, 0.6) is 0 Å². The number of carboxylic acid groups (broad SMARTS) is 1. The SMILES string of the molecule is COC(=O)c1ccc(CC(O)C(=O)O)cc1C. The highest BCUT2D eigenvalue weighted by Crippen LogP contribution is 2.13. The van der Waals surface area contributed by atoms with Crippen molar-refractivity contribution in [2.24, 2.45) is 0 Å². The molecule has 0 aromatic heterocycles. The lowest BCUT2D eigenvalue weighted by atomic mass is 10.0. The first-order valence-electron chi connectivity index (χ1n) is 5.04. The summed E-state index contributed by atoms with van der Waals surface area (Å²) in [6.07, 6.45) is -1.42. The minimum Gasteiger partial charge on any atom is -0.479 e. The van der Waals surface area contributed by atoms with Crippen molar-refractivity contribution < 1.29 is 24.5 Å². The molecule has 0 radical (unpaired) electrons. The number of esters is 1. The minimum absolute atomic E-state index is 0.0115. The molecule has 0 spiro atoms. The molecule has 1 rings (SSSR count). The van der Waals surface area contributed by atoms with Crippen molar-refractivity contribution in [2.45, 2.75) is 19.4 Å². The third-order valence-corrected chi connectivity index (χ3v) is 2.41. The van der Waals surface area contributed by atoms with Gasteiger partial charge in [-0.15, -0.1) is 0 Å². The van der Waals surface area contributed by atoms with Gasteiger partial charge in [0.05, 0.1) is 12.7 Å². The van der Waals surface area contributed by atoms with Crippen molar-refractivity contribution in [1.29, 1.82) is 0 Å². The lowest BCUT2D eigenvalue weighted by Crippen LogP contribution is -2.22. The zero-order chi connectivity index (χ0) is 13.0. The Hall–Kier alpha value is -1.88. The van der Waals surface area contributed by atoms with Crippen molar-refractivity contribution in [3.63, 3.8) is 0 Å². The monoisotopic (exact) mass is 238 g/mol. The number of carboxylic acids is 1. The van der Waals surface area contributed by atoms with Gasteiger partial charge in [0.1, 0.15) is 0 Å².